The number of benzene rings is 1. The fourth-order valence-electron chi connectivity index (χ4n) is 2.19. The Balaban J connectivity index is 2.38. The van der Waals surface area contributed by atoms with Crippen LogP contribution in [0.25, 0.3) is 0 Å². The zero-order chi connectivity index (χ0) is 13.9. The summed E-state index contributed by atoms with van der Waals surface area (Å²) in [6.07, 6.45) is 0.915. The minimum absolute atomic E-state index is 0.338. The molecule has 106 valence electrons. The quantitative estimate of drug-likeness (QED) is 0.804. The van der Waals surface area contributed by atoms with E-state index in [0.29, 0.717) is 23.9 Å². The van der Waals surface area contributed by atoms with Crippen molar-refractivity contribution >= 4 is 33.4 Å². The third-order valence-corrected chi connectivity index (χ3v) is 6.72. The number of hydrogen-bond donors (Lipinski definition) is 0. The molecular formula is C13H18ClNO2S2. The number of sulfonamides is 1. The molecule has 0 N–H and O–H groups in total. The van der Waals surface area contributed by atoms with Crippen molar-refractivity contribution in [3.63, 3.8) is 0 Å². The fraction of sp³-hybridized carbons (Fsp3) is 0.538. The molecule has 6 heteroatoms. The summed E-state index contributed by atoms with van der Waals surface area (Å²) in [5, 5.41) is 0. The molecular weight excluding hydrogens is 302 g/mol. The molecule has 1 fully saturated rings. The first-order valence-corrected chi connectivity index (χ1v) is 9.42. The van der Waals surface area contributed by atoms with Crippen LogP contribution in [0, 0.1) is 6.92 Å². The summed E-state index contributed by atoms with van der Waals surface area (Å²) in [6.45, 7) is 3.04. The van der Waals surface area contributed by atoms with Crippen LogP contribution in [0.1, 0.15) is 17.5 Å². The maximum atomic E-state index is 12.7. The third kappa shape index (κ3) is 3.27. The lowest BCUT2D eigenvalue weighted by Crippen LogP contribution is -2.33. The molecule has 0 aliphatic carbocycles. The molecule has 1 heterocycles. The van der Waals surface area contributed by atoms with E-state index in [2.05, 4.69) is 0 Å². The first-order chi connectivity index (χ1) is 9.07. The van der Waals surface area contributed by atoms with Crippen molar-refractivity contribution in [2.75, 3.05) is 24.6 Å². The summed E-state index contributed by atoms with van der Waals surface area (Å²) in [5.41, 5.74) is 1.65. The van der Waals surface area contributed by atoms with Gasteiger partial charge in [-0.2, -0.15) is 16.1 Å². The van der Waals surface area contributed by atoms with E-state index < -0.39 is 10.0 Å². The normalized spacial score (nSPS) is 18.2. The van der Waals surface area contributed by atoms with Crippen molar-refractivity contribution in [1.29, 1.82) is 0 Å². The van der Waals surface area contributed by atoms with Gasteiger partial charge in [0.15, 0.2) is 0 Å². The first-order valence-electron chi connectivity index (χ1n) is 6.29. The number of halogens is 1. The molecule has 0 bridgehead atoms. The minimum atomic E-state index is -3.39. The molecule has 19 heavy (non-hydrogen) atoms. The number of hydrogen-bond acceptors (Lipinski definition) is 3. The molecule has 1 aliphatic rings. The molecule has 0 aromatic heterocycles. The van der Waals surface area contributed by atoms with E-state index in [-0.39, 0.29) is 0 Å². The van der Waals surface area contributed by atoms with Gasteiger partial charge < -0.3 is 0 Å². The summed E-state index contributed by atoms with van der Waals surface area (Å²) in [7, 11) is -3.39. The molecule has 0 saturated carbocycles. The van der Waals surface area contributed by atoms with E-state index in [4.69, 9.17) is 11.6 Å². The highest BCUT2D eigenvalue weighted by atomic mass is 35.5. The van der Waals surface area contributed by atoms with E-state index >= 15 is 0 Å². The Hall–Kier alpha value is -0.230. The van der Waals surface area contributed by atoms with Gasteiger partial charge in [-0.3, -0.25) is 0 Å². The van der Waals surface area contributed by atoms with Gasteiger partial charge in [-0.1, -0.05) is 12.1 Å². The average molecular weight is 320 g/mol. The van der Waals surface area contributed by atoms with Gasteiger partial charge in [0.25, 0.3) is 0 Å². The van der Waals surface area contributed by atoms with Crippen LogP contribution in [0.5, 0.6) is 0 Å². The molecule has 0 spiro atoms. The van der Waals surface area contributed by atoms with Gasteiger partial charge in [0.2, 0.25) is 10.0 Å². The Labute approximate surface area is 124 Å². The topological polar surface area (TPSA) is 37.4 Å². The van der Waals surface area contributed by atoms with Gasteiger partial charge in [-0.15, -0.1) is 11.6 Å². The SMILES string of the molecule is Cc1c(CCl)cccc1S(=O)(=O)N1CCCSCC1. The van der Waals surface area contributed by atoms with Crippen LogP contribution < -0.4 is 0 Å². The smallest absolute Gasteiger partial charge is 0.207 e. The molecule has 0 radical (unpaired) electrons. The number of thioether (sulfide) groups is 1. The van der Waals surface area contributed by atoms with E-state index in [1.165, 1.54) is 0 Å². The monoisotopic (exact) mass is 319 g/mol. The van der Waals surface area contributed by atoms with Crippen LogP contribution in [0.15, 0.2) is 23.1 Å². The molecule has 1 aromatic rings. The highest BCUT2D eigenvalue weighted by Gasteiger charge is 2.27. The van der Waals surface area contributed by atoms with Gasteiger partial charge in [-0.05, 0) is 36.3 Å². The van der Waals surface area contributed by atoms with Gasteiger partial charge in [0, 0.05) is 24.7 Å². The molecule has 1 saturated heterocycles. The number of rotatable bonds is 3. The minimum Gasteiger partial charge on any atom is -0.207 e. The molecule has 1 aromatic carbocycles. The van der Waals surface area contributed by atoms with Crippen LogP contribution in [0.3, 0.4) is 0 Å². The lowest BCUT2D eigenvalue weighted by Gasteiger charge is -2.21. The van der Waals surface area contributed by atoms with E-state index in [1.54, 1.807) is 16.4 Å². The van der Waals surface area contributed by atoms with Crippen molar-refractivity contribution in [2.45, 2.75) is 24.1 Å². The van der Waals surface area contributed by atoms with E-state index in [1.807, 2.05) is 24.8 Å². The Morgan fingerprint density at radius 3 is 2.84 bits per heavy atom. The zero-order valence-electron chi connectivity index (χ0n) is 10.9. The van der Waals surface area contributed by atoms with Crippen LogP contribution in [-0.2, 0) is 15.9 Å². The molecule has 2 rings (SSSR count). The predicted molar refractivity (Wildman–Crippen MR) is 81.4 cm³/mol. The largest absolute Gasteiger partial charge is 0.243 e. The third-order valence-electron chi connectivity index (χ3n) is 3.34. The molecule has 3 nitrogen and oxygen atoms in total. The molecule has 0 unspecified atom stereocenters. The van der Waals surface area contributed by atoms with E-state index in [0.717, 1.165) is 29.1 Å². The summed E-state index contributed by atoms with van der Waals surface area (Å²) in [6, 6.07) is 5.32. The number of nitrogens with zero attached hydrogens (tertiary/aromatic N) is 1. The summed E-state index contributed by atoms with van der Waals surface area (Å²) >= 11 is 7.67. The highest BCUT2D eigenvalue weighted by Crippen LogP contribution is 2.25. The maximum Gasteiger partial charge on any atom is 0.243 e. The van der Waals surface area contributed by atoms with Crippen molar-refractivity contribution < 1.29 is 8.42 Å². The second-order valence-corrected chi connectivity index (χ2v) is 7.94. The maximum absolute atomic E-state index is 12.7. The average Bonchev–Trinajstić information content (AvgIpc) is 2.68. The Kier molecular flexibility index (Phi) is 5.17. The lowest BCUT2D eigenvalue weighted by molar-refractivity contribution is 0.434. The van der Waals surface area contributed by atoms with Crippen molar-refractivity contribution in [3.05, 3.63) is 29.3 Å². The van der Waals surface area contributed by atoms with Crippen molar-refractivity contribution in [2.24, 2.45) is 0 Å². The second-order valence-electron chi connectivity index (χ2n) is 4.54. The van der Waals surface area contributed by atoms with Gasteiger partial charge >= 0.3 is 0 Å². The standard InChI is InChI=1S/C13H18ClNO2S2/c1-11-12(10-14)4-2-5-13(11)19(16,17)15-6-3-8-18-9-7-15/h2,4-5H,3,6-10H2,1H3. The van der Waals surface area contributed by atoms with Crippen molar-refractivity contribution in [3.8, 4) is 0 Å². The summed E-state index contributed by atoms with van der Waals surface area (Å²) in [4.78, 5) is 0.401. The Bertz CT molecular complexity index is 538. The van der Waals surface area contributed by atoms with Crippen LogP contribution >= 0.6 is 23.4 Å². The zero-order valence-corrected chi connectivity index (χ0v) is 13.3. The highest BCUT2D eigenvalue weighted by molar-refractivity contribution is 7.99. The first kappa shape index (κ1) is 15.2. The van der Waals surface area contributed by atoms with Crippen LogP contribution in [0.4, 0.5) is 0 Å². The Morgan fingerprint density at radius 2 is 2.11 bits per heavy atom. The van der Waals surface area contributed by atoms with Gasteiger partial charge in [0.05, 0.1) is 4.90 Å². The lowest BCUT2D eigenvalue weighted by atomic mass is 10.1. The van der Waals surface area contributed by atoms with Gasteiger partial charge in [0.1, 0.15) is 0 Å². The fourth-order valence-corrected chi connectivity index (χ4v) is 5.23. The van der Waals surface area contributed by atoms with Crippen LogP contribution in [0.2, 0.25) is 0 Å². The Morgan fingerprint density at radius 1 is 1.32 bits per heavy atom. The summed E-state index contributed by atoms with van der Waals surface area (Å²) < 4.78 is 27.0. The van der Waals surface area contributed by atoms with Crippen molar-refractivity contribution in [1.82, 2.24) is 4.31 Å². The van der Waals surface area contributed by atoms with Crippen LogP contribution in [-0.4, -0.2) is 37.3 Å². The van der Waals surface area contributed by atoms with Gasteiger partial charge in [-0.25, -0.2) is 8.42 Å². The summed E-state index contributed by atoms with van der Waals surface area (Å²) in [5.74, 6) is 2.24. The molecule has 0 atom stereocenters. The van der Waals surface area contributed by atoms with E-state index in [9.17, 15) is 8.42 Å². The molecule has 1 aliphatic heterocycles. The number of alkyl halides is 1. The second kappa shape index (κ2) is 6.48. The molecule has 0 amide bonds. The predicted octanol–water partition coefficient (Wildman–Crippen LogP) is 2.86.